The van der Waals surface area contributed by atoms with Crippen molar-refractivity contribution in [3.63, 3.8) is 0 Å². The number of thiophene rings is 1. The molecule has 12 rings (SSSR count). The number of nitrogens with zero attached hydrogens (tertiary/aromatic N) is 2. The molecule has 0 unspecified atom stereocenters. The van der Waals surface area contributed by atoms with Gasteiger partial charge in [-0.25, -0.2) is 0 Å². The largest absolute Gasteiger partial charge is 0.455 e. The predicted molar refractivity (Wildman–Crippen MR) is 247 cm³/mol. The Hall–Kier alpha value is -7.40. The summed E-state index contributed by atoms with van der Waals surface area (Å²) < 4.78 is 11.5. The molecular weight excluding hydrogens is 725 g/mol. The van der Waals surface area contributed by atoms with Crippen LogP contribution in [0.3, 0.4) is 0 Å². The molecule has 3 aromatic heterocycles. The van der Waals surface area contributed by atoms with E-state index in [1.807, 2.05) is 23.5 Å². The van der Waals surface area contributed by atoms with Crippen LogP contribution in [0, 0.1) is 0 Å². The maximum Gasteiger partial charge on any atom is 0.143 e. The van der Waals surface area contributed by atoms with Crippen molar-refractivity contribution in [3.8, 4) is 27.9 Å². The minimum absolute atomic E-state index is 0.899. The summed E-state index contributed by atoms with van der Waals surface area (Å²) in [6.07, 6.45) is 0. The van der Waals surface area contributed by atoms with Crippen LogP contribution < -0.4 is 4.90 Å². The molecule has 9 aromatic carbocycles. The molecule has 0 amide bonds. The summed E-state index contributed by atoms with van der Waals surface area (Å²) in [5, 5.41) is 7.37. The highest BCUT2D eigenvalue weighted by Crippen LogP contribution is 2.44. The van der Waals surface area contributed by atoms with Crippen LogP contribution in [0.4, 0.5) is 17.1 Å². The molecule has 0 atom stereocenters. The third-order valence-electron chi connectivity index (χ3n) is 11.6. The van der Waals surface area contributed by atoms with Gasteiger partial charge in [0.05, 0.1) is 11.0 Å². The summed E-state index contributed by atoms with van der Waals surface area (Å²) in [6.45, 7) is 0. The van der Waals surface area contributed by atoms with Crippen molar-refractivity contribution in [1.29, 1.82) is 0 Å². The smallest absolute Gasteiger partial charge is 0.143 e. The molecule has 272 valence electrons. The second-order valence-electron chi connectivity index (χ2n) is 14.9. The Bertz CT molecular complexity index is 3480. The quantitative estimate of drug-likeness (QED) is 0.168. The van der Waals surface area contributed by atoms with Crippen molar-refractivity contribution in [3.05, 3.63) is 206 Å². The highest BCUT2D eigenvalue weighted by molar-refractivity contribution is 7.26. The monoisotopic (exact) mass is 758 g/mol. The Labute approximate surface area is 338 Å². The van der Waals surface area contributed by atoms with Gasteiger partial charge in [-0.2, -0.15) is 0 Å². The summed E-state index contributed by atoms with van der Waals surface area (Å²) >= 11 is 1.87. The summed E-state index contributed by atoms with van der Waals surface area (Å²) in [5.41, 5.74) is 13.1. The van der Waals surface area contributed by atoms with Crippen molar-refractivity contribution < 1.29 is 4.42 Å². The van der Waals surface area contributed by atoms with E-state index < -0.39 is 0 Å². The third kappa shape index (κ3) is 5.12. The lowest BCUT2D eigenvalue weighted by atomic mass is 10.0. The average Bonchev–Trinajstić information content (AvgIpc) is 3.97. The van der Waals surface area contributed by atoms with Gasteiger partial charge >= 0.3 is 0 Å². The minimum Gasteiger partial charge on any atom is -0.455 e. The maximum absolute atomic E-state index is 6.52. The van der Waals surface area contributed by atoms with E-state index in [9.17, 15) is 0 Å². The van der Waals surface area contributed by atoms with Crippen LogP contribution in [0.2, 0.25) is 0 Å². The molecule has 58 heavy (non-hydrogen) atoms. The van der Waals surface area contributed by atoms with Crippen molar-refractivity contribution in [1.82, 2.24) is 4.57 Å². The molecule has 0 spiro atoms. The van der Waals surface area contributed by atoms with E-state index >= 15 is 0 Å². The number of hydrogen-bond acceptors (Lipinski definition) is 3. The Morgan fingerprint density at radius 1 is 0.397 bits per heavy atom. The van der Waals surface area contributed by atoms with E-state index in [0.717, 1.165) is 55.8 Å². The Balaban J connectivity index is 1.03. The number of para-hydroxylation sites is 4. The van der Waals surface area contributed by atoms with E-state index in [2.05, 4.69) is 204 Å². The highest BCUT2D eigenvalue weighted by atomic mass is 32.1. The van der Waals surface area contributed by atoms with Crippen molar-refractivity contribution in [2.45, 2.75) is 0 Å². The number of anilines is 3. The molecule has 0 radical (unpaired) electrons. The number of fused-ring (bicyclic) bond motifs is 9. The lowest BCUT2D eigenvalue weighted by Gasteiger charge is -2.27. The van der Waals surface area contributed by atoms with Gasteiger partial charge in [0.1, 0.15) is 11.2 Å². The number of aromatic nitrogens is 1. The molecule has 3 heterocycles. The first-order valence-electron chi connectivity index (χ1n) is 19.7. The summed E-state index contributed by atoms with van der Waals surface area (Å²) in [6, 6.07) is 74.4. The fourth-order valence-electron chi connectivity index (χ4n) is 8.97. The average molecular weight is 759 g/mol. The van der Waals surface area contributed by atoms with Gasteiger partial charge in [0.2, 0.25) is 0 Å². The number of hydrogen-bond donors (Lipinski definition) is 0. The Kier molecular flexibility index (Phi) is 7.40. The topological polar surface area (TPSA) is 21.3 Å². The van der Waals surface area contributed by atoms with Crippen LogP contribution >= 0.6 is 11.3 Å². The lowest BCUT2D eigenvalue weighted by Crippen LogP contribution is -2.10. The number of furan rings is 1. The zero-order valence-electron chi connectivity index (χ0n) is 31.3. The van der Waals surface area contributed by atoms with Gasteiger partial charge in [0, 0.05) is 70.0 Å². The first-order valence-corrected chi connectivity index (χ1v) is 20.5. The highest BCUT2D eigenvalue weighted by Gasteiger charge is 2.19. The van der Waals surface area contributed by atoms with Crippen LogP contribution in [0.1, 0.15) is 0 Å². The molecule has 0 aliphatic rings. The van der Waals surface area contributed by atoms with E-state index in [0.29, 0.717) is 0 Å². The van der Waals surface area contributed by atoms with Crippen molar-refractivity contribution in [2.24, 2.45) is 0 Å². The zero-order chi connectivity index (χ0) is 38.2. The van der Waals surface area contributed by atoms with Crippen LogP contribution in [-0.4, -0.2) is 4.57 Å². The van der Waals surface area contributed by atoms with Crippen LogP contribution in [0.5, 0.6) is 0 Å². The standard InChI is InChI=1S/C54H34N2OS/c1-5-25-49-43(17-1)44-18-2-6-26-50(44)56(49)40-16-10-15-39(34-40)55(37-31-29-35(30-32-37)42-22-12-24-48-46-20-4-8-28-52(46)58-54(42)48)38-14-9-13-36(33-38)41-21-11-23-47-45-19-3-7-27-51(45)57-53(41)47/h1-34H. The number of benzene rings is 9. The van der Waals surface area contributed by atoms with E-state index in [1.54, 1.807) is 0 Å². The SMILES string of the molecule is c1cc(-c2cccc3c2oc2ccccc23)cc(N(c2ccc(-c3cccc4c3sc3ccccc34)cc2)c2cccc(-n3c4ccccc4c4ccccc43)c2)c1. The van der Waals surface area contributed by atoms with Crippen molar-refractivity contribution >= 4 is 92.3 Å². The molecule has 0 N–H and O–H groups in total. The van der Waals surface area contributed by atoms with Gasteiger partial charge in [-0.05, 0) is 83.4 Å². The Morgan fingerprint density at radius 2 is 1.00 bits per heavy atom. The molecule has 3 nitrogen and oxygen atoms in total. The first-order chi connectivity index (χ1) is 28.8. The van der Waals surface area contributed by atoms with Gasteiger partial charge in [0.15, 0.2) is 0 Å². The fourth-order valence-corrected chi connectivity index (χ4v) is 10.2. The lowest BCUT2D eigenvalue weighted by molar-refractivity contribution is 0.670. The third-order valence-corrected chi connectivity index (χ3v) is 12.8. The van der Waals surface area contributed by atoms with Crippen molar-refractivity contribution in [2.75, 3.05) is 4.90 Å². The van der Waals surface area contributed by atoms with E-state index in [4.69, 9.17) is 4.42 Å². The van der Waals surface area contributed by atoms with Crippen LogP contribution in [0.15, 0.2) is 211 Å². The molecule has 0 saturated carbocycles. The molecule has 0 aliphatic carbocycles. The second-order valence-corrected chi connectivity index (χ2v) is 15.9. The van der Waals surface area contributed by atoms with E-state index in [1.165, 1.54) is 53.1 Å². The van der Waals surface area contributed by atoms with E-state index in [-0.39, 0.29) is 0 Å². The second kappa shape index (κ2) is 13.1. The molecular formula is C54H34N2OS. The summed E-state index contributed by atoms with van der Waals surface area (Å²) in [5.74, 6) is 0. The van der Waals surface area contributed by atoms with Gasteiger partial charge in [0.25, 0.3) is 0 Å². The normalized spacial score (nSPS) is 11.8. The van der Waals surface area contributed by atoms with Gasteiger partial charge in [-0.1, -0.05) is 140 Å². The molecule has 0 bridgehead atoms. The maximum atomic E-state index is 6.52. The molecule has 4 heteroatoms. The Morgan fingerprint density at radius 3 is 1.79 bits per heavy atom. The van der Waals surface area contributed by atoms with Gasteiger partial charge < -0.3 is 13.9 Å². The van der Waals surface area contributed by atoms with Crippen LogP contribution in [0.25, 0.3) is 91.9 Å². The molecule has 0 aliphatic heterocycles. The molecule has 0 saturated heterocycles. The summed E-state index contributed by atoms with van der Waals surface area (Å²) in [4.78, 5) is 2.38. The molecule has 0 fully saturated rings. The fraction of sp³-hybridized carbons (Fsp3) is 0. The van der Waals surface area contributed by atoms with Gasteiger partial charge in [-0.15, -0.1) is 11.3 Å². The summed E-state index contributed by atoms with van der Waals surface area (Å²) in [7, 11) is 0. The minimum atomic E-state index is 0.899. The predicted octanol–water partition coefficient (Wildman–Crippen LogP) is 15.9. The molecule has 12 aromatic rings. The van der Waals surface area contributed by atoms with Crippen LogP contribution in [-0.2, 0) is 0 Å². The van der Waals surface area contributed by atoms with Gasteiger partial charge in [-0.3, -0.25) is 0 Å². The number of rotatable bonds is 6. The zero-order valence-corrected chi connectivity index (χ0v) is 32.2. The first kappa shape index (κ1) is 32.8.